The highest BCUT2D eigenvalue weighted by atomic mass is 35.5. The molecule has 0 saturated carbocycles. The summed E-state index contributed by atoms with van der Waals surface area (Å²) in [6, 6.07) is 12.8. The molecule has 0 saturated heterocycles. The summed E-state index contributed by atoms with van der Waals surface area (Å²) in [5.74, 6) is -0.635. The van der Waals surface area contributed by atoms with E-state index in [1.54, 1.807) is 19.1 Å². The third-order valence-corrected chi connectivity index (χ3v) is 4.34. The van der Waals surface area contributed by atoms with Crippen molar-refractivity contribution in [2.45, 2.75) is 31.9 Å². The first-order valence-electron chi connectivity index (χ1n) is 8.05. The van der Waals surface area contributed by atoms with E-state index in [0.29, 0.717) is 16.5 Å². The van der Waals surface area contributed by atoms with E-state index in [1.807, 2.05) is 30.3 Å². The van der Waals surface area contributed by atoms with Crippen LogP contribution in [-0.4, -0.2) is 29.8 Å². The largest absolute Gasteiger partial charge is 0.464 e. The fraction of sp³-hybridized carbons (Fsp3) is 0.316. The van der Waals surface area contributed by atoms with Gasteiger partial charge in [0, 0.05) is 21.7 Å². The van der Waals surface area contributed by atoms with Crippen molar-refractivity contribution in [3.8, 4) is 11.1 Å². The predicted octanol–water partition coefficient (Wildman–Crippen LogP) is 3.84. The minimum absolute atomic E-state index is 0.153. The van der Waals surface area contributed by atoms with Gasteiger partial charge in [-0.15, -0.1) is 0 Å². The second kappa shape index (κ2) is 9.20. The molecule has 0 aromatic heterocycles. The third kappa shape index (κ3) is 5.72. The maximum absolute atomic E-state index is 11.4. The van der Waals surface area contributed by atoms with Crippen molar-refractivity contribution in [2.24, 2.45) is 5.73 Å². The molecule has 0 heterocycles. The molecule has 134 valence electrons. The van der Waals surface area contributed by atoms with Crippen LogP contribution in [-0.2, 0) is 16.0 Å². The molecule has 0 spiro atoms. The number of hydrogen-bond acceptors (Lipinski definition) is 4. The monoisotopic (exact) mass is 381 g/mol. The van der Waals surface area contributed by atoms with Gasteiger partial charge in [0.15, 0.2) is 6.10 Å². The third-order valence-electron chi connectivity index (χ3n) is 3.78. The summed E-state index contributed by atoms with van der Waals surface area (Å²) >= 11 is 12.2. The second-order valence-electron chi connectivity index (χ2n) is 5.79. The van der Waals surface area contributed by atoms with Crippen LogP contribution in [0.25, 0.3) is 11.1 Å². The molecule has 0 aliphatic heterocycles. The summed E-state index contributed by atoms with van der Waals surface area (Å²) in [5.41, 5.74) is 8.85. The molecule has 2 atom stereocenters. The number of carbonyl (C=O) groups excluding carboxylic acids is 1. The van der Waals surface area contributed by atoms with Gasteiger partial charge in [-0.3, -0.25) is 0 Å². The zero-order valence-electron chi connectivity index (χ0n) is 13.9. The van der Waals surface area contributed by atoms with E-state index in [-0.39, 0.29) is 19.1 Å². The highest BCUT2D eigenvalue weighted by molar-refractivity contribution is 6.35. The molecule has 0 amide bonds. The number of rotatable bonds is 7. The maximum atomic E-state index is 11.4. The summed E-state index contributed by atoms with van der Waals surface area (Å²) in [6.45, 7) is 1.93. The van der Waals surface area contributed by atoms with Crippen molar-refractivity contribution in [1.29, 1.82) is 0 Å². The van der Waals surface area contributed by atoms with E-state index in [4.69, 9.17) is 33.7 Å². The maximum Gasteiger partial charge on any atom is 0.335 e. The number of aliphatic hydroxyl groups excluding tert-OH is 1. The number of ether oxygens (including phenoxy) is 1. The summed E-state index contributed by atoms with van der Waals surface area (Å²) in [6.07, 6.45) is -0.500. The molecular formula is C19H21Cl2NO3. The van der Waals surface area contributed by atoms with E-state index in [9.17, 15) is 9.90 Å². The van der Waals surface area contributed by atoms with Gasteiger partial charge in [-0.2, -0.15) is 0 Å². The topological polar surface area (TPSA) is 72.5 Å². The average Bonchev–Trinajstić information content (AvgIpc) is 2.58. The molecular weight excluding hydrogens is 361 g/mol. The number of benzene rings is 2. The van der Waals surface area contributed by atoms with Crippen molar-refractivity contribution < 1.29 is 14.6 Å². The van der Waals surface area contributed by atoms with Crippen LogP contribution in [0.1, 0.15) is 18.9 Å². The van der Waals surface area contributed by atoms with Crippen LogP contribution in [0.4, 0.5) is 0 Å². The zero-order valence-corrected chi connectivity index (χ0v) is 15.4. The Kier molecular flexibility index (Phi) is 7.26. The highest BCUT2D eigenvalue weighted by Gasteiger charge is 2.19. The van der Waals surface area contributed by atoms with Crippen molar-refractivity contribution in [3.63, 3.8) is 0 Å². The summed E-state index contributed by atoms with van der Waals surface area (Å²) in [5, 5.41) is 11.0. The summed E-state index contributed by atoms with van der Waals surface area (Å²) < 4.78 is 4.77. The molecule has 0 fully saturated rings. The Morgan fingerprint density at radius 2 is 1.88 bits per heavy atom. The molecule has 2 rings (SSSR count). The van der Waals surface area contributed by atoms with Crippen LogP contribution >= 0.6 is 23.2 Å². The molecule has 3 N–H and O–H groups in total. The van der Waals surface area contributed by atoms with Gasteiger partial charge in [-0.1, -0.05) is 47.5 Å². The molecule has 0 aliphatic carbocycles. The van der Waals surface area contributed by atoms with Crippen LogP contribution in [0.15, 0.2) is 42.5 Å². The SMILES string of the molecule is CCOC(=O)C(O)C[C@H](N)Cc1ccc(-c2cc(Cl)ccc2Cl)cc1. The quantitative estimate of drug-likeness (QED) is 0.714. The van der Waals surface area contributed by atoms with Gasteiger partial charge in [0.2, 0.25) is 0 Å². The zero-order chi connectivity index (χ0) is 18.4. The van der Waals surface area contributed by atoms with E-state index in [0.717, 1.165) is 16.7 Å². The fourth-order valence-corrected chi connectivity index (χ4v) is 2.95. The molecule has 4 nitrogen and oxygen atoms in total. The van der Waals surface area contributed by atoms with Gasteiger partial charge < -0.3 is 15.6 Å². The lowest BCUT2D eigenvalue weighted by Gasteiger charge is -2.16. The lowest BCUT2D eigenvalue weighted by Crippen LogP contribution is -2.33. The Hall–Kier alpha value is -1.59. The van der Waals surface area contributed by atoms with E-state index in [1.165, 1.54) is 0 Å². The van der Waals surface area contributed by atoms with Crippen molar-refractivity contribution in [1.82, 2.24) is 0 Å². The van der Waals surface area contributed by atoms with Crippen molar-refractivity contribution in [2.75, 3.05) is 6.61 Å². The predicted molar refractivity (Wildman–Crippen MR) is 101 cm³/mol. The van der Waals surface area contributed by atoms with E-state index >= 15 is 0 Å². The Bertz CT molecular complexity index is 719. The minimum Gasteiger partial charge on any atom is -0.464 e. The Morgan fingerprint density at radius 3 is 2.52 bits per heavy atom. The van der Waals surface area contributed by atoms with Crippen LogP contribution in [0, 0.1) is 0 Å². The van der Waals surface area contributed by atoms with Crippen LogP contribution < -0.4 is 5.73 Å². The number of esters is 1. The average molecular weight is 382 g/mol. The number of nitrogens with two attached hydrogens (primary N) is 1. The van der Waals surface area contributed by atoms with E-state index < -0.39 is 12.1 Å². The van der Waals surface area contributed by atoms with Gasteiger partial charge in [0.25, 0.3) is 0 Å². The lowest BCUT2D eigenvalue weighted by molar-refractivity contribution is -0.153. The molecule has 1 unspecified atom stereocenters. The first kappa shape index (κ1) is 19.7. The normalized spacial score (nSPS) is 13.3. The number of halogens is 2. The number of carbonyl (C=O) groups is 1. The van der Waals surface area contributed by atoms with Gasteiger partial charge in [0.1, 0.15) is 0 Å². The fourth-order valence-electron chi connectivity index (χ4n) is 2.55. The Balaban J connectivity index is 2.00. The van der Waals surface area contributed by atoms with Gasteiger partial charge in [-0.25, -0.2) is 4.79 Å². The van der Waals surface area contributed by atoms with Gasteiger partial charge in [-0.05, 0) is 49.1 Å². The molecule has 0 aliphatic rings. The number of aliphatic hydroxyl groups is 1. The Labute approximate surface area is 157 Å². The molecule has 0 bridgehead atoms. The smallest absolute Gasteiger partial charge is 0.335 e. The molecule has 25 heavy (non-hydrogen) atoms. The highest BCUT2D eigenvalue weighted by Crippen LogP contribution is 2.30. The van der Waals surface area contributed by atoms with Crippen LogP contribution in [0.5, 0.6) is 0 Å². The number of hydrogen-bond donors (Lipinski definition) is 2. The van der Waals surface area contributed by atoms with Crippen LogP contribution in [0.2, 0.25) is 10.0 Å². The lowest BCUT2D eigenvalue weighted by atomic mass is 9.98. The van der Waals surface area contributed by atoms with Crippen molar-refractivity contribution >= 4 is 29.2 Å². The van der Waals surface area contributed by atoms with Crippen molar-refractivity contribution in [3.05, 3.63) is 58.1 Å². The second-order valence-corrected chi connectivity index (χ2v) is 6.63. The molecule has 2 aromatic rings. The molecule has 6 heteroatoms. The van der Waals surface area contributed by atoms with Gasteiger partial charge in [0.05, 0.1) is 6.61 Å². The van der Waals surface area contributed by atoms with Crippen LogP contribution in [0.3, 0.4) is 0 Å². The summed E-state index contributed by atoms with van der Waals surface area (Å²) in [7, 11) is 0. The summed E-state index contributed by atoms with van der Waals surface area (Å²) in [4.78, 5) is 11.4. The minimum atomic E-state index is -1.19. The first-order chi connectivity index (χ1) is 11.9. The van der Waals surface area contributed by atoms with E-state index in [2.05, 4.69) is 0 Å². The first-order valence-corrected chi connectivity index (χ1v) is 8.81. The molecule has 2 aromatic carbocycles. The Morgan fingerprint density at radius 1 is 1.20 bits per heavy atom. The molecule has 0 radical (unpaired) electrons. The standard InChI is InChI=1S/C19H21Cl2NO3/c1-2-25-19(24)18(23)11-15(22)9-12-3-5-13(6-4-12)16-10-14(20)7-8-17(16)21/h3-8,10,15,18,23H,2,9,11,22H2,1H3/t15-,18?/m1/s1. The van der Waals surface area contributed by atoms with Gasteiger partial charge >= 0.3 is 5.97 Å².